The second kappa shape index (κ2) is 7.72. The van der Waals surface area contributed by atoms with Gasteiger partial charge in [-0.3, -0.25) is 14.9 Å². The van der Waals surface area contributed by atoms with E-state index in [1.165, 1.54) is 18.3 Å². The van der Waals surface area contributed by atoms with E-state index in [9.17, 15) is 9.59 Å². The van der Waals surface area contributed by atoms with Crippen LogP contribution in [0.25, 0.3) is 0 Å². The fourth-order valence-electron chi connectivity index (χ4n) is 2.10. The lowest BCUT2D eigenvalue weighted by Gasteiger charge is -2.07. The molecule has 0 saturated heterocycles. The zero-order valence-electron chi connectivity index (χ0n) is 13.6. The van der Waals surface area contributed by atoms with E-state index in [4.69, 9.17) is 4.74 Å². The molecule has 0 fully saturated rings. The van der Waals surface area contributed by atoms with Crippen LogP contribution in [0.2, 0.25) is 0 Å². The topological polar surface area (TPSA) is 68.3 Å². The van der Waals surface area contributed by atoms with Crippen LogP contribution < -0.4 is 10.1 Å². The third kappa shape index (κ3) is 4.51. The molecule has 1 amide bonds. The highest BCUT2D eigenvalue weighted by atomic mass is 32.1. The number of benzene rings is 2. The fourth-order valence-corrected chi connectivity index (χ4v) is 2.84. The number of rotatable bonds is 6. The Labute approximate surface area is 149 Å². The molecule has 25 heavy (non-hydrogen) atoms. The largest absolute Gasteiger partial charge is 0.489 e. The number of amides is 1. The summed E-state index contributed by atoms with van der Waals surface area (Å²) < 4.78 is 5.67. The van der Waals surface area contributed by atoms with Crippen molar-refractivity contribution in [3.8, 4) is 5.75 Å². The summed E-state index contributed by atoms with van der Waals surface area (Å²) in [7, 11) is 0. The predicted octanol–water partition coefficient (Wildman–Crippen LogP) is 4.18. The van der Waals surface area contributed by atoms with E-state index in [1.807, 2.05) is 42.5 Å². The Balaban J connectivity index is 1.59. The molecule has 0 aliphatic heterocycles. The van der Waals surface area contributed by atoms with Gasteiger partial charge in [0.15, 0.2) is 10.9 Å². The Morgan fingerprint density at radius 2 is 1.80 bits per heavy atom. The molecule has 6 heteroatoms. The van der Waals surface area contributed by atoms with Crippen LogP contribution in [0.3, 0.4) is 0 Å². The molecule has 0 aliphatic carbocycles. The van der Waals surface area contributed by atoms with Crippen molar-refractivity contribution in [2.75, 3.05) is 5.32 Å². The molecule has 0 bridgehead atoms. The highest BCUT2D eigenvalue weighted by Gasteiger charge is 2.11. The van der Waals surface area contributed by atoms with Gasteiger partial charge < -0.3 is 4.74 Å². The first-order valence-electron chi connectivity index (χ1n) is 7.66. The Bertz CT molecular complexity index is 873. The van der Waals surface area contributed by atoms with Gasteiger partial charge in [0.25, 0.3) is 5.91 Å². The van der Waals surface area contributed by atoms with Crippen molar-refractivity contribution in [2.45, 2.75) is 13.5 Å². The number of nitrogens with zero attached hydrogens (tertiary/aromatic N) is 1. The van der Waals surface area contributed by atoms with Gasteiger partial charge in [0.1, 0.15) is 18.1 Å². The second-order valence-electron chi connectivity index (χ2n) is 5.35. The van der Waals surface area contributed by atoms with E-state index in [0.29, 0.717) is 23.0 Å². The van der Waals surface area contributed by atoms with Gasteiger partial charge in [-0.25, -0.2) is 4.98 Å². The number of anilines is 1. The highest BCUT2D eigenvalue weighted by Crippen LogP contribution is 2.17. The number of ketones is 1. The Morgan fingerprint density at radius 1 is 1.08 bits per heavy atom. The summed E-state index contributed by atoms with van der Waals surface area (Å²) in [5, 5.41) is 4.73. The summed E-state index contributed by atoms with van der Waals surface area (Å²) in [6, 6.07) is 16.7. The van der Waals surface area contributed by atoms with Crippen molar-refractivity contribution in [3.63, 3.8) is 0 Å². The maximum atomic E-state index is 12.2. The van der Waals surface area contributed by atoms with Gasteiger partial charge in [0.2, 0.25) is 0 Å². The molecule has 5 nitrogen and oxygen atoms in total. The predicted molar refractivity (Wildman–Crippen MR) is 97.3 cm³/mol. The van der Waals surface area contributed by atoms with Crippen LogP contribution in [-0.4, -0.2) is 16.7 Å². The smallest absolute Gasteiger partial charge is 0.257 e. The molecule has 126 valence electrons. The number of Topliss-reactive ketones (excluding diaryl/α,β-unsaturated/α-hetero) is 1. The van der Waals surface area contributed by atoms with E-state index in [-0.39, 0.29) is 11.7 Å². The molecule has 2 aromatic carbocycles. The first kappa shape index (κ1) is 16.9. The van der Waals surface area contributed by atoms with Crippen molar-refractivity contribution in [1.82, 2.24) is 4.98 Å². The Hall–Kier alpha value is -2.99. The normalized spacial score (nSPS) is 10.3. The van der Waals surface area contributed by atoms with Crippen molar-refractivity contribution >= 4 is 28.2 Å². The van der Waals surface area contributed by atoms with Gasteiger partial charge in [-0.15, -0.1) is 11.3 Å². The summed E-state index contributed by atoms with van der Waals surface area (Å²) in [4.78, 5) is 27.5. The molecule has 0 aliphatic rings. The van der Waals surface area contributed by atoms with Crippen LogP contribution in [0.5, 0.6) is 5.75 Å². The lowest BCUT2D eigenvalue weighted by atomic mass is 10.1. The zero-order chi connectivity index (χ0) is 17.6. The number of aromatic nitrogens is 1. The summed E-state index contributed by atoms with van der Waals surface area (Å²) >= 11 is 1.23. The zero-order valence-corrected chi connectivity index (χ0v) is 14.4. The minimum atomic E-state index is -0.264. The Morgan fingerprint density at radius 3 is 2.44 bits per heavy atom. The van der Waals surface area contributed by atoms with Crippen molar-refractivity contribution in [3.05, 3.63) is 76.8 Å². The number of carbonyl (C=O) groups excluding carboxylic acids is 2. The van der Waals surface area contributed by atoms with Crippen LogP contribution in [0.15, 0.2) is 60.0 Å². The average Bonchev–Trinajstić information content (AvgIpc) is 3.10. The molecule has 0 saturated carbocycles. The first-order chi connectivity index (χ1) is 12.1. The summed E-state index contributed by atoms with van der Waals surface area (Å²) in [5.41, 5.74) is 1.84. The van der Waals surface area contributed by atoms with E-state index in [0.717, 1.165) is 11.3 Å². The number of nitrogens with one attached hydrogen (secondary N) is 1. The van der Waals surface area contributed by atoms with E-state index in [1.54, 1.807) is 17.5 Å². The molecular formula is C19H16N2O3S. The third-order valence-corrected chi connectivity index (χ3v) is 4.21. The number of ether oxygens (including phenoxy) is 1. The molecular weight excluding hydrogens is 336 g/mol. The summed E-state index contributed by atoms with van der Waals surface area (Å²) in [5.74, 6) is 0.411. The molecule has 1 N–H and O–H groups in total. The van der Waals surface area contributed by atoms with Gasteiger partial charge >= 0.3 is 0 Å². The molecule has 3 rings (SSSR count). The standard InChI is InChI=1S/C19H16N2O3S/c1-13(22)17-12-25-19(20-17)21-18(23)15-9-7-14(8-10-15)11-24-16-5-3-2-4-6-16/h2-10,12H,11H2,1H3,(H,20,21,23). The third-order valence-electron chi connectivity index (χ3n) is 3.45. The van der Waals surface area contributed by atoms with Crippen LogP contribution in [0.4, 0.5) is 5.13 Å². The number of hydrogen-bond donors (Lipinski definition) is 1. The van der Waals surface area contributed by atoms with Gasteiger partial charge in [0, 0.05) is 17.9 Å². The maximum absolute atomic E-state index is 12.2. The van der Waals surface area contributed by atoms with Crippen LogP contribution in [0.1, 0.15) is 33.3 Å². The lowest BCUT2D eigenvalue weighted by molar-refractivity contribution is 0.100. The molecule has 0 radical (unpaired) electrons. The van der Waals surface area contributed by atoms with Crippen LogP contribution >= 0.6 is 11.3 Å². The molecule has 0 unspecified atom stereocenters. The van der Waals surface area contributed by atoms with Crippen molar-refractivity contribution in [2.24, 2.45) is 0 Å². The van der Waals surface area contributed by atoms with Gasteiger partial charge in [-0.1, -0.05) is 30.3 Å². The van der Waals surface area contributed by atoms with Crippen LogP contribution in [-0.2, 0) is 6.61 Å². The molecule has 0 spiro atoms. The monoisotopic (exact) mass is 352 g/mol. The quantitative estimate of drug-likeness (QED) is 0.676. The van der Waals surface area contributed by atoms with Gasteiger partial charge in [0.05, 0.1) is 0 Å². The van der Waals surface area contributed by atoms with Crippen molar-refractivity contribution in [1.29, 1.82) is 0 Å². The summed E-state index contributed by atoms with van der Waals surface area (Å²) in [6.07, 6.45) is 0. The highest BCUT2D eigenvalue weighted by molar-refractivity contribution is 7.14. The lowest BCUT2D eigenvalue weighted by Crippen LogP contribution is -2.12. The van der Waals surface area contributed by atoms with Crippen LogP contribution in [0, 0.1) is 0 Å². The number of thiazole rings is 1. The first-order valence-corrected chi connectivity index (χ1v) is 8.54. The maximum Gasteiger partial charge on any atom is 0.257 e. The minimum absolute atomic E-state index is 0.125. The average molecular weight is 352 g/mol. The number of para-hydroxylation sites is 1. The molecule has 1 aromatic heterocycles. The minimum Gasteiger partial charge on any atom is -0.489 e. The molecule has 0 atom stereocenters. The van der Waals surface area contributed by atoms with Gasteiger partial charge in [-0.05, 0) is 29.8 Å². The second-order valence-corrected chi connectivity index (χ2v) is 6.20. The van der Waals surface area contributed by atoms with E-state index >= 15 is 0 Å². The van der Waals surface area contributed by atoms with E-state index in [2.05, 4.69) is 10.3 Å². The summed E-state index contributed by atoms with van der Waals surface area (Å²) in [6.45, 7) is 1.87. The fraction of sp³-hybridized carbons (Fsp3) is 0.105. The molecule has 3 aromatic rings. The SMILES string of the molecule is CC(=O)c1csc(NC(=O)c2ccc(COc3ccccc3)cc2)n1. The van der Waals surface area contributed by atoms with E-state index < -0.39 is 0 Å². The number of carbonyl (C=O) groups is 2. The van der Waals surface area contributed by atoms with Crippen molar-refractivity contribution < 1.29 is 14.3 Å². The molecule has 1 heterocycles. The number of hydrogen-bond acceptors (Lipinski definition) is 5. The van der Waals surface area contributed by atoms with Gasteiger partial charge in [-0.2, -0.15) is 0 Å². The Kier molecular flexibility index (Phi) is 5.20.